The highest BCUT2D eigenvalue weighted by molar-refractivity contribution is 7.28. The van der Waals surface area contributed by atoms with Crippen LogP contribution in [-0.4, -0.2) is 41.2 Å². The molecule has 1 aliphatic rings. The molecule has 0 bridgehead atoms. The molecule has 0 spiro atoms. The molecule has 1 heterocycles. The zero-order chi connectivity index (χ0) is 13.8. The fourth-order valence-corrected chi connectivity index (χ4v) is 3.03. The van der Waals surface area contributed by atoms with Gasteiger partial charge in [0.2, 0.25) is 5.91 Å². The zero-order valence-corrected chi connectivity index (χ0v) is 11.9. The quantitative estimate of drug-likeness (QED) is 0.341. The first-order valence-electron chi connectivity index (χ1n) is 6.03. The number of nitrogens with zero attached hydrogens (tertiary/aromatic N) is 1. The van der Waals surface area contributed by atoms with Crippen LogP contribution in [0, 0.1) is 0 Å². The summed E-state index contributed by atoms with van der Waals surface area (Å²) in [5.41, 5.74) is 0. The molecule has 2 unspecified atom stereocenters. The van der Waals surface area contributed by atoms with E-state index in [4.69, 9.17) is 5.84 Å². The lowest BCUT2D eigenvalue weighted by atomic mass is 9.98. The topological polar surface area (TPSA) is 105 Å². The van der Waals surface area contributed by atoms with Gasteiger partial charge in [0.25, 0.3) is 5.91 Å². The number of amides is 2. The molecular formula is C10H21N4O3P. The van der Waals surface area contributed by atoms with Gasteiger partial charge >= 0.3 is 0 Å². The van der Waals surface area contributed by atoms with Crippen molar-refractivity contribution in [3.05, 3.63) is 0 Å². The van der Waals surface area contributed by atoms with Crippen LogP contribution in [0.15, 0.2) is 0 Å². The molecule has 8 heteroatoms. The van der Waals surface area contributed by atoms with Crippen LogP contribution in [0.5, 0.6) is 0 Å². The summed E-state index contributed by atoms with van der Waals surface area (Å²) in [6.45, 7) is 4.22. The van der Waals surface area contributed by atoms with Crippen molar-refractivity contribution in [2.45, 2.75) is 38.0 Å². The second-order valence-corrected chi connectivity index (χ2v) is 5.60. The third-order valence-electron chi connectivity index (χ3n) is 3.05. The number of carbonyl (C=O) groups excluding carboxylic acids is 2. The van der Waals surface area contributed by atoms with Crippen molar-refractivity contribution in [3.63, 3.8) is 0 Å². The number of rotatable bonds is 5. The summed E-state index contributed by atoms with van der Waals surface area (Å²) in [4.78, 5) is 23.4. The minimum atomic E-state index is -1.44. The molecule has 0 radical (unpaired) electrons. The van der Waals surface area contributed by atoms with Gasteiger partial charge in [-0.15, -0.1) is 0 Å². The third kappa shape index (κ3) is 2.91. The third-order valence-corrected chi connectivity index (χ3v) is 4.28. The molecule has 0 aromatic carbocycles. The normalized spacial score (nSPS) is 28.9. The van der Waals surface area contributed by atoms with Gasteiger partial charge in [-0.1, -0.05) is 6.92 Å². The highest BCUT2D eigenvalue weighted by Crippen LogP contribution is 2.31. The first kappa shape index (κ1) is 15.1. The number of carbonyl (C=O) groups is 2. The van der Waals surface area contributed by atoms with Crippen LogP contribution in [0.4, 0.5) is 0 Å². The molecular weight excluding hydrogens is 255 g/mol. The van der Waals surface area contributed by atoms with Crippen molar-refractivity contribution in [1.82, 2.24) is 15.6 Å². The Morgan fingerprint density at radius 1 is 1.67 bits per heavy atom. The lowest BCUT2D eigenvalue weighted by Crippen LogP contribution is -2.70. The van der Waals surface area contributed by atoms with Crippen molar-refractivity contribution in [2.75, 3.05) is 13.1 Å². The molecule has 1 rings (SSSR count). The molecule has 2 amide bonds. The van der Waals surface area contributed by atoms with Crippen LogP contribution in [0.1, 0.15) is 26.7 Å². The molecule has 4 N–H and O–H groups in total. The van der Waals surface area contributed by atoms with Crippen LogP contribution in [0.25, 0.3) is 0 Å². The van der Waals surface area contributed by atoms with E-state index in [-0.39, 0.29) is 5.91 Å². The van der Waals surface area contributed by atoms with Gasteiger partial charge in [0.05, 0.1) is 14.5 Å². The first-order valence-corrected chi connectivity index (χ1v) is 7.08. The van der Waals surface area contributed by atoms with Gasteiger partial charge in [0.1, 0.15) is 0 Å². The van der Waals surface area contributed by atoms with Crippen molar-refractivity contribution in [3.8, 4) is 0 Å². The predicted octanol–water partition coefficient (Wildman–Crippen LogP) is -0.951. The lowest BCUT2D eigenvalue weighted by molar-refractivity contribution is -0.140. The Hall–Kier alpha value is -0.910. The van der Waals surface area contributed by atoms with Crippen molar-refractivity contribution in [1.29, 1.82) is 0 Å². The van der Waals surface area contributed by atoms with Crippen molar-refractivity contribution in [2.24, 2.45) is 5.84 Å². The number of hydrogen-bond acceptors (Lipinski definition) is 5. The number of hydrogen-bond donors (Lipinski definition) is 3. The maximum atomic E-state index is 12.2. The fourth-order valence-electron chi connectivity index (χ4n) is 2.12. The summed E-state index contributed by atoms with van der Waals surface area (Å²) >= 11 is 0. The predicted molar refractivity (Wildman–Crippen MR) is 69.5 cm³/mol. The molecule has 0 aromatic rings. The number of hydrazine groups is 1. The van der Waals surface area contributed by atoms with E-state index >= 15 is 0 Å². The average Bonchev–Trinajstić information content (AvgIpc) is 2.34. The van der Waals surface area contributed by atoms with Gasteiger partial charge < -0.3 is 9.88 Å². The van der Waals surface area contributed by atoms with Gasteiger partial charge in [-0.2, -0.15) is 0 Å². The van der Waals surface area contributed by atoms with Gasteiger partial charge in [-0.05, 0) is 19.4 Å². The Morgan fingerprint density at radius 2 is 2.33 bits per heavy atom. The summed E-state index contributed by atoms with van der Waals surface area (Å²) in [5, 5.41) is 5.54. The van der Waals surface area contributed by atoms with E-state index in [2.05, 4.69) is 10.6 Å². The van der Waals surface area contributed by atoms with Gasteiger partial charge in [0, 0.05) is 13.5 Å². The molecule has 1 fully saturated rings. The molecule has 1 aliphatic heterocycles. The van der Waals surface area contributed by atoms with Crippen LogP contribution >= 0.6 is 8.46 Å². The molecule has 3 atom stereocenters. The monoisotopic (exact) mass is 276 g/mol. The summed E-state index contributed by atoms with van der Waals surface area (Å²) in [6.07, 6.45) is 1.29. The van der Waals surface area contributed by atoms with E-state index < -0.39 is 25.7 Å². The first-order chi connectivity index (χ1) is 8.47. The molecule has 0 aliphatic carbocycles. The summed E-state index contributed by atoms with van der Waals surface area (Å²) in [6, 6.07) is -0.471. The Kier molecular flexibility index (Phi) is 5.31. The highest BCUT2D eigenvalue weighted by Gasteiger charge is 2.50. The van der Waals surface area contributed by atoms with Gasteiger partial charge in [0.15, 0.2) is 5.28 Å². The average molecular weight is 276 g/mol. The molecule has 18 heavy (non-hydrogen) atoms. The minimum Gasteiger partial charge on any atom is -0.351 e. The standard InChI is InChI=1S/C10H21N4O3P/c1-3-5-12-10(18-17)8(13-7(2)15)4-6-14(11)9(10)16/h8,12H,3-6,11,18H2,1-2H3,(H,13,15)/t8?,10-/m0/s1. The largest absolute Gasteiger partial charge is 0.351 e. The van der Waals surface area contributed by atoms with Crippen LogP contribution in [-0.2, 0) is 14.2 Å². The molecule has 0 aromatic heterocycles. The van der Waals surface area contributed by atoms with E-state index in [1.54, 1.807) is 0 Å². The van der Waals surface area contributed by atoms with Gasteiger partial charge in [-0.3, -0.25) is 19.9 Å². The van der Waals surface area contributed by atoms with Crippen molar-refractivity contribution >= 4 is 20.3 Å². The van der Waals surface area contributed by atoms with Gasteiger partial charge in [-0.25, -0.2) is 5.84 Å². The number of piperidine rings is 1. The van der Waals surface area contributed by atoms with E-state index in [1.165, 1.54) is 6.92 Å². The second-order valence-electron chi connectivity index (χ2n) is 4.45. The van der Waals surface area contributed by atoms with Crippen LogP contribution in [0.2, 0.25) is 0 Å². The van der Waals surface area contributed by atoms with E-state index in [0.717, 1.165) is 11.4 Å². The van der Waals surface area contributed by atoms with Crippen LogP contribution < -0.4 is 16.5 Å². The maximum Gasteiger partial charge on any atom is 0.266 e. The highest BCUT2D eigenvalue weighted by atomic mass is 31.1. The minimum absolute atomic E-state index is 0.242. The molecule has 104 valence electrons. The number of nitrogens with one attached hydrogen (secondary N) is 2. The number of nitrogens with two attached hydrogens (primary N) is 1. The Balaban J connectivity index is 3.01. The molecule has 7 nitrogen and oxygen atoms in total. The second kappa shape index (κ2) is 6.31. The smallest absolute Gasteiger partial charge is 0.266 e. The van der Waals surface area contributed by atoms with Crippen LogP contribution in [0.3, 0.4) is 0 Å². The molecule has 1 saturated heterocycles. The summed E-state index contributed by atoms with van der Waals surface area (Å²) < 4.78 is 11.6. The lowest BCUT2D eigenvalue weighted by Gasteiger charge is -2.43. The Labute approximate surface area is 108 Å². The van der Waals surface area contributed by atoms with E-state index in [9.17, 15) is 14.2 Å². The maximum absolute atomic E-state index is 12.2. The Morgan fingerprint density at radius 3 is 2.83 bits per heavy atom. The summed E-state index contributed by atoms with van der Waals surface area (Å²) in [7, 11) is -1.44. The summed E-state index contributed by atoms with van der Waals surface area (Å²) in [5.74, 6) is 4.95. The Bertz CT molecular complexity index is 352. The zero-order valence-electron chi connectivity index (χ0n) is 10.7. The fraction of sp³-hybridized carbons (Fsp3) is 0.800. The van der Waals surface area contributed by atoms with E-state index in [0.29, 0.717) is 19.5 Å². The van der Waals surface area contributed by atoms with Crippen molar-refractivity contribution < 1.29 is 14.2 Å². The SMILES string of the molecule is CCCN[C@@]1([PH2]=O)C(=O)N(N)CCC1NC(C)=O. The molecule has 0 saturated carbocycles. The van der Waals surface area contributed by atoms with E-state index in [1.807, 2.05) is 6.92 Å².